The van der Waals surface area contributed by atoms with E-state index in [4.69, 9.17) is 14.7 Å². The lowest BCUT2D eigenvalue weighted by atomic mass is 10.0. The van der Waals surface area contributed by atoms with Gasteiger partial charge in [0.1, 0.15) is 18.4 Å². The molecule has 1 aromatic heterocycles. The molecule has 3 rings (SSSR count). The van der Waals surface area contributed by atoms with E-state index in [1.807, 2.05) is 24.3 Å². The SMILES string of the molecule is COc1cccc2c1OCC(NC(=O)c1ccc(C#N)nc1)C2. The van der Waals surface area contributed by atoms with Gasteiger partial charge in [-0.25, -0.2) is 4.98 Å². The molecule has 0 spiro atoms. The van der Waals surface area contributed by atoms with Gasteiger partial charge in [-0.1, -0.05) is 12.1 Å². The number of rotatable bonds is 3. The fourth-order valence-corrected chi connectivity index (χ4v) is 2.51. The van der Waals surface area contributed by atoms with E-state index in [-0.39, 0.29) is 17.6 Å². The van der Waals surface area contributed by atoms with Crippen LogP contribution in [0.5, 0.6) is 11.5 Å². The predicted molar refractivity (Wildman–Crippen MR) is 82.4 cm³/mol. The van der Waals surface area contributed by atoms with Gasteiger partial charge in [0.15, 0.2) is 11.5 Å². The van der Waals surface area contributed by atoms with Crippen molar-refractivity contribution in [3.63, 3.8) is 0 Å². The van der Waals surface area contributed by atoms with Gasteiger partial charge in [0.05, 0.1) is 18.7 Å². The Bertz CT molecular complexity index is 766. The summed E-state index contributed by atoms with van der Waals surface area (Å²) in [4.78, 5) is 16.1. The molecule has 0 fully saturated rings. The van der Waals surface area contributed by atoms with E-state index in [1.165, 1.54) is 12.3 Å². The van der Waals surface area contributed by atoms with E-state index >= 15 is 0 Å². The number of methoxy groups -OCH3 is 1. The monoisotopic (exact) mass is 309 g/mol. The fourth-order valence-electron chi connectivity index (χ4n) is 2.51. The third kappa shape index (κ3) is 3.09. The summed E-state index contributed by atoms with van der Waals surface area (Å²) in [5.41, 5.74) is 1.70. The van der Waals surface area contributed by atoms with Crippen molar-refractivity contribution in [1.82, 2.24) is 10.3 Å². The van der Waals surface area contributed by atoms with Crippen molar-refractivity contribution in [1.29, 1.82) is 5.26 Å². The Morgan fingerprint density at radius 3 is 3.00 bits per heavy atom. The summed E-state index contributed by atoms with van der Waals surface area (Å²) < 4.78 is 11.0. The highest BCUT2D eigenvalue weighted by molar-refractivity contribution is 5.94. The summed E-state index contributed by atoms with van der Waals surface area (Å²) in [6.07, 6.45) is 2.07. The van der Waals surface area contributed by atoms with Crippen molar-refractivity contribution >= 4 is 5.91 Å². The average Bonchev–Trinajstić information content (AvgIpc) is 2.61. The Kier molecular flexibility index (Phi) is 4.11. The Morgan fingerprint density at radius 2 is 2.30 bits per heavy atom. The zero-order valence-corrected chi connectivity index (χ0v) is 12.6. The molecule has 2 heterocycles. The van der Waals surface area contributed by atoms with E-state index in [0.717, 1.165) is 11.3 Å². The number of nitriles is 1. The predicted octanol–water partition coefficient (Wildman–Crippen LogP) is 1.70. The second kappa shape index (κ2) is 6.36. The number of para-hydroxylation sites is 1. The highest BCUT2D eigenvalue weighted by Gasteiger charge is 2.24. The molecule has 6 nitrogen and oxygen atoms in total. The first-order chi connectivity index (χ1) is 11.2. The van der Waals surface area contributed by atoms with Gasteiger partial charge in [-0.3, -0.25) is 4.79 Å². The van der Waals surface area contributed by atoms with Gasteiger partial charge >= 0.3 is 0 Å². The van der Waals surface area contributed by atoms with Gasteiger partial charge in [-0.2, -0.15) is 5.26 Å². The van der Waals surface area contributed by atoms with Crippen LogP contribution in [0.25, 0.3) is 0 Å². The van der Waals surface area contributed by atoms with Gasteiger partial charge in [-0.15, -0.1) is 0 Å². The molecule has 1 N–H and O–H groups in total. The van der Waals surface area contributed by atoms with Crippen molar-refractivity contribution < 1.29 is 14.3 Å². The molecule has 0 bridgehead atoms. The lowest BCUT2D eigenvalue weighted by Crippen LogP contribution is -2.42. The molecule has 1 atom stereocenters. The minimum Gasteiger partial charge on any atom is -0.493 e. The van der Waals surface area contributed by atoms with E-state index in [0.29, 0.717) is 24.3 Å². The number of carbonyl (C=O) groups is 1. The molecule has 6 heteroatoms. The molecule has 1 aliphatic rings. The number of carbonyl (C=O) groups excluding carboxylic acids is 1. The van der Waals surface area contributed by atoms with Crippen LogP contribution >= 0.6 is 0 Å². The summed E-state index contributed by atoms with van der Waals surface area (Å²) in [5, 5.41) is 11.6. The van der Waals surface area contributed by atoms with Crippen molar-refractivity contribution in [3.05, 3.63) is 53.3 Å². The van der Waals surface area contributed by atoms with Gasteiger partial charge in [0, 0.05) is 11.8 Å². The molecule has 0 aliphatic carbocycles. The lowest BCUT2D eigenvalue weighted by Gasteiger charge is -2.27. The number of nitrogens with one attached hydrogen (secondary N) is 1. The first-order valence-corrected chi connectivity index (χ1v) is 7.17. The number of nitrogens with zero attached hydrogens (tertiary/aromatic N) is 2. The maximum atomic E-state index is 12.2. The van der Waals surface area contributed by atoms with Crippen LogP contribution < -0.4 is 14.8 Å². The normalized spacial score (nSPS) is 15.7. The second-order valence-electron chi connectivity index (χ2n) is 5.18. The molecule has 23 heavy (non-hydrogen) atoms. The number of benzene rings is 1. The highest BCUT2D eigenvalue weighted by Crippen LogP contribution is 2.34. The number of ether oxygens (including phenoxy) is 2. The summed E-state index contributed by atoms with van der Waals surface area (Å²) in [7, 11) is 1.60. The van der Waals surface area contributed by atoms with Crippen LogP contribution in [0.15, 0.2) is 36.5 Å². The Morgan fingerprint density at radius 1 is 1.43 bits per heavy atom. The summed E-state index contributed by atoms with van der Waals surface area (Å²) in [5.74, 6) is 1.20. The fraction of sp³-hybridized carbons (Fsp3) is 0.235. The smallest absolute Gasteiger partial charge is 0.253 e. The number of fused-ring (bicyclic) bond motifs is 1. The summed E-state index contributed by atoms with van der Waals surface area (Å²) in [6.45, 7) is 0.378. The molecule has 116 valence electrons. The van der Waals surface area contributed by atoms with Crippen LogP contribution in [0.2, 0.25) is 0 Å². The second-order valence-corrected chi connectivity index (χ2v) is 5.18. The first-order valence-electron chi connectivity index (χ1n) is 7.17. The first kappa shape index (κ1) is 14.9. The number of aromatic nitrogens is 1. The molecule has 1 unspecified atom stereocenters. The molecular weight excluding hydrogens is 294 g/mol. The Balaban J connectivity index is 1.69. The summed E-state index contributed by atoms with van der Waals surface area (Å²) >= 11 is 0. The minimum absolute atomic E-state index is 0.127. The number of pyridine rings is 1. The number of amides is 1. The zero-order valence-electron chi connectivity index (χ0n) is 12.6. The minimum atomic E-state index is -0.234. The van der Waals surface area contributed by atoms with Crippen LogP contribution in [0.1, 0.15) is 21.6 Å². The third-order valence-electron chi connectivity index (χ3n) is 3.65. The Hall–Kier alpha value is -3.07. The standard InChI is InChI=1S/C17H15N3O3/c1-22-15-4-2-3-11-7-14(10-23-16(11)15)20-17(21)12-5-6-13(8-18)19-9-12/h2-6,9,14H,7,10H2,1H3,(H,20,21). The average molecular weight is 309 g/mol. The largest absolute Gasteiger partial charge is 0.493 e. The Labute approximate surface area is 133 Å². The zero-order chi connectivity index (χ0) is 16.2. The van der Waals surface area contributed by atoms with Gasteiger partial charge in [0.2, 0.25) is 0 Å². The highest BCUT2D eigenvalue weighted by atomic mass is 16.5. The van der Waals surface area contributed by atoms with Crippen molar-refractivity contribution in [2.24, 2.45) is 0 Å². The third-order valence-corrected chi connectivity index (χ3v) is 3.65. The molecule has 0 radical (unpaired) electrons. The van der Waals surface area contributed by atoms with E-state index in [1.54, 1.807) is 13.2 Å². The molecular formula is C17H15N3O3. The van der Waals surface area contributed by atoms with Crippen LogP contribution in [0.4, 0.5) is 0 Å². The van der Waals surface area contributed by atoms with Crippen LogP contribution in [-0.4, -0.2) is 30.6 Å². The van der Waals surface area contributed by atoms with Crippen LogP contribution in [0.3, 0.4) is 0 Å². The molecule has 1 aliphatic heterocycles. The summed E-state index contributed by atoms with van der Waals surface area (Å²) in [6, 6.07) is 10.6. The maximum Gasteiger partial charge on any atom is 0.253 e. The van der Waals surface area contributed by atoms with Gasteiger partial charge in [-0.05, 0) is 24.6 Å². The quantitative estimate of drug-likeness (QED) is 0.933. The topological polar surface area (TPSA) is 84.2 Å². The van der Waals surface area contributed by atoms with E-state index in [2.05, 4.69) is 10.3 Å². The number of hydrogen-bond donors (Lipinski definition) is 1. The van der Waals surface area contributed by atoms with Crippen LogP contribution in [0, 0.1) is 11.3 Å². The molecule has 1 amide bonds. The number of hydrogen-bond acceptors (Lipinski definition) is 5. The van der Waals surface area contributed by atoms with Crippen molar-refractivity contribution in [2.45, 2.75) is 12.5 Å². The maximum absolute atomic E-state index is 12.2. The van der Waals surface area contributed by atoms with E-state index < -0.39 is 0 Å². The van der Waals surface area contributed by atoms with Gasteiger partial charge in [0.25, 0.3) is 5.91 Å². The van der Waals surface area contributed by atoms with Crippen molar-refractivity contribution in [3.8, 4) is 17.6 Å². The molecule has 2 aromatic rings. The van der Waals surface area contributed by atoms with Crippen molar-refractivity contribution in [2.75, 3.05) is 13.7 Å². The molecule has 0 saturated carbocycles. The molecule has 0 saturated heterocycles. The van der Waals surface area contributed by atoms with Crippen LogP contribution in [-0.2, 0) is 6.42 Å². The molecule has 1 aromatic carbocycles. The van der Waals surface area contributed by atoms with Gasteiger partial charge < -0.3 is 14.8 Å². The van der Waals surface area contributed by atoms with E-state index in [9.17, 15) is 4.79 Å². The lowest BCUT2D eigenvalue weighted by molar-refractivity contribution is 0.0914.